The lowest BCUT2D eigenvalue weighted by Crippen LogP contribution is -2.34. The molecule has 8 nitrogen and oxygen atoms in total. The van der Waals surface area contributed by atoms with Gasteiger partial charge in [0.15, 0.2) is 6.61 Å². The molecular weight excluding hydrogens is 420 g/mol. The van der Waals surface area contributed by atoms with Crippen LogP contribution in [0, 0.1) is 6.92 Å². The highest BCUT2D eigenvalue weighted by atomic mass is 32.2. The standard InChI is InChI=1S/C22H20N2O6S/c1-14-5-3-7-16(9-14)23-19(25)13-30-17-8-4-6-15(10-17)11-18-21(27)24(22(28)31-18)12-20(26)29-2/h3-11H,12-13H2,1-2H3,(H,23,25)/b18-11-. The summed E-state index contributed by atoms with van der Waals surface area (Å²) in [6.07, 6.45) is 1.53. The van der Waals surface area contributed by atoms with E-state index in [1.807, 2.05) is 25.1 Å². The van der Waals surface area contributed by atoms with E-state index in [-0.39, 0.29) is 17.4 Å². The zero-order valence-electron chi connectivity index (χ0n) is 16.9. The molecular formula is C22H20N2O6S. The molecule has 1 N–H and O–H groups in total. The second-order valence-corrected chi connectivity index (χ2v) is 7.62. The fourth-order valence-corrected chi connectivity index (χ4v) is 3.58. The van der Waals surface area contributed by atoms with Gasteiger partial charge >= 0.3 is 5.97 Å². The monoisotopic (exact) mass is 440 g/mol. The molecule has 2 aromatic carbocycles. The van der Waals surface area contributed by atoms with Crippen molar-refractivity contribution in [3.63, 3.8) is 0 Å². The molecule has 160 valence electrons. The van der Waals surface area contributed by atoms with Crippen LogP contribution in [0.5, 0.6) is 5.75 Å². The third-order valence-electron chi connectivity index (χ3n) is 4.22. The molecule has 3 amide bonds. The average Bonchev–Trinajstić information content (AvgIpc) is 2.99. The van der Waals surface area contributed by atoms with Crippen LogP contribution in [0.15, 0.2) is 53.4 Å². The summed E-state index contributed by atoms with van der Waals surface area (Å²) in [7, 11) is 1.18. The van der Waals surface area contributed by atoms with E-state index in [2.05, 4.69) is 10.1 Å². The highest BCUT2D eigenvalue weighted by Gasteiger charge is 2.36. The Labute approximate surface area is 183 Å². The van der Waals surface area contributed by atoms with Crippen molar-refractivity contribution in [2.75, 3.05) is 25.6 Å². The predicted molar refractivity (Wildman–Crippen MR) is 116 cm³/mol. The molecule has 0 aromatic heterocycles. The highest BCUT2D eigenvalue weighted by Crippen LogP contribution is 2.32. The number of benzene rings is 2. The van der Waals surface area contributed by atoms with E-state index in [0.717, 1.165) is 22.2 Å². The number of thioether (sulfide) groups is 1. The van der Waals surface area contributed by atoms with Gasteiger partial charge in [0.25, 0.3) is 17.1 Å². The highest BCUT2D eigenvalue weighted by molar-refractivity contribution is 8.18. The number of methoxy groups -OCH3 is 1. The van der Waals surface area contributed by atoms with E-state index in [9.17, 15) is 19.2 Å². The number of nitrogens with zero attached hydrogens (tertiary/aromatic N) is 1. The van der Waals surface area contributed by atoms with Crippen molar-refractivity contribution in [3.05, 3.63) is 64.6 Å². The van der Waals surface area contributed by atoms with Gasteiger partial charge < -0.3 is 14.8 Å². The molecule has 3 rings (SSSR count). The Kier molecular flexibility index (Phi) is 7.09. The van der Waals surface area contributed by atoms with E-state index in [1.54, 1.807) is 30.3 Å². The van der Waals surface area contributed by atoms with Crippen LogP contribution in [0.4, 0.5) is 10.5 Å². The number of esters is 1. The molecule has 1 heterocycles. The molecule has 31 heavy (non-hydrogen) atoms. The summed E-state index contributed by atoms with van der Waals surface area (Å²) in [4.78, 5) is 48.9. The summed E-state index contributed by atoms with van der Waals surface area (Å²) in [5.74, 6) is -1.12. The smallest absolute Gasteiger partial charge is 0.325 e. The lowest BCUT2D eigenvalue weighted by atomic mass is 10.2. The molecule has 1 saturated heterocycles. The number of nitrogens with one attached hydrogen (secondary N) is 1. The fraction of sp³-hybridized carbons (Fsp3) is 0.182. The van der Waals surface area contributed by atoms with Crippen LogP contribution in [-0.2, 0) is 19.1 Å². The van der Waals surface area contributed by atoms with Crippen molar-refractivity contribution in [2.24, 2.45) is 0 Å². The Morgan fingerprint density at radius 3 is 2.65 bits per heavy atom. The van der Waals surface area contributed by atoms with Crippen molar-refractivity contribution in [1.29, 1.82) is 0 Å². The number of aryl methyl sites for hydroxylation is 1. The molecule has 0 atom stereocenters. The maximum Gasteiger partial charge on any atom is 0.325 e. The van der Waals surface area contributed by atoms with E-state index < -0.39 is 23.7 Å². The summed E-state index contributed by atoms with van der Waals surface area (Å²) in [6, 6.07) is 14.2. The number of anilines is 1. The summed E-state index contributed by atoms with van der Waals surface area (Å²) in [5.41, 5.74) is 2.33. The van der Waals surface area contributed by atoms with Crippen molar-refractivity contribution in [3.8, 4) is 5.75 Å². The normalized spacial score (nSPS) is 14.6. The first-order valence-corrected chi connectivity index (χ1v) is 10.1. The van der Waals surface area contributed by atoms with Gasteiger partial charge in [-0.15, -0.1) is 0 Å². The number of hydrogen-bond acceptors (Lipinski definition) is 7. The third-order valence-corrected chi connectivity index (χ3v) is 5.12. The Morgan fingerprint density at radius 1 is 1.13 bits per heavy atom. The van der Waals surface area contributed by atoms with Gasteiger partial charge in [-0.3, -0.25) is 24.1 Å². The summed E-state index contributed by atoms with van der Waals surface area (Å²) < 4.78 is 10.0. The molecule has 0 radical (unpaired) electrons. The van der Waals surface area contributed by atoms with Crippen LogP contribution >= 0.6 is 11.8 Å². The van der Waals surface area contributed by atoms with Gasteiger partial charge in [0.05, 0.1) is 12.0 Å². The summed E-state index contributed by atoms with van der Waals surface area (Å²) >= 11 is 0.741. The predicted octanol–water partition coefficient (Wildman–Crippen LogP) is 3.22. The Hall–Kier alpha value is -3.59. The lowest BCUT2D eigenvalue weighted by molar-refractivity contribution is -0.143. The third kappa shape index (κ3) is 5.95. The second-order valence-electron chi connectivity index (χ2n) is 6.62. The number of rotatable bonds is 7. The number of ether oxygens (including phenoxy) is 2. The first-order valence-electron chi connectivity index (χ1n) is 9.27. The fourth-order valence-electron chi connectivity index (χ4n) is 2.74. The van der Waals surface area contributed by atoms with Gasteiger partial charge in [-0.2, -0.15) is 0 Å². The summed E-state index contributed by atoms with van der Waals surface area (Å²) in [5, 5.41) is 2.22. The van der Waals surface area contributed by atoms with Gasteiger partial charge in [-0.25, -0.2) is 0 Å². The van der Waals surface area contributed by atoms with Crippen LogP contribution in [0.25, 0.3) is 6.08 Å². The zero-order chi connectivity index (χ0) is 22.4. The Bertz CT molecular complexity index is 1070. The SMILES string of the molecule is COC(=O)CN1C(=O)S/C(=C\c2cccc(OCC(=O)Nc3cccc(C)c3)c2)C1=O. The molecule has 1 aliphatic heterocycles. The van der Waals surface area contributed by atoms with Crippen molar-refractivity contribution >= 4 is 46.5 Å². The zero-order valence-corrected chi connectivity index (χ0v) is 17.7. The lowest BCUT2D eigenvalue weighted by Gasteiger charge is -2.10. The number of imide groups is 1. The average molecular weight is 440 g/mol. The molecule has 0 unspecified atom stereocenters. The summed E-state index contributed by atoms with van der Waals surface area (Å²) in [6.45, 7) is 1.31. The molecule has 0 bridgehead atoms. The van der Waals surface area contributed by atoms with Crippen LogP contribution in [-0.4, -0.2) is 48.2 Å². The first kappa shape index (κ1) is 22.1. The van der Waals surface area contributed by atoms with Crippen molar-refractivity contribution < 1.29 is 28.7 Å². The van der Waals surface area contributed by atoms with Gasteiger partial charge in [-0.1, -0.05) is 24.3 Å². The van der Waals surface area contributed by atoms with E-state index in [0.29, 0.717) is 17.0 Å². The van der Waals surface area contributed by atoms with Gasteiger partial charge in [-0.05, 0) is 60.2 Å². The van der Waals surface area contributed by atoms with E-state index >= 15 is 0 Å². The second kappa shape index (κ2) is 9.94. The Morgan fingerprint density at radius 2 is 1.90 bits per heavy atom. The van der Waals surface area contributed by atoms with E-state index in [1.165, 1.54) is 13.2 Å². The van der Waals surface area contributed by atoms with Crippen LogP contribution in [0.2, 0.25) is 0 Å². The topological polar surface area (TPSA) is 102 Å². The Balaban J connectivity index is 1.62. The molecule has 9 heteroatoms. The van der Waals surface area contributed by atoms with Gasteiger partial charge in [0, 0.05) is 5.69 Å². The first-order chi connectivity index (χ1) is 14.9. The largest absolute Gasteiger partial charge is 0.484 e. The quantitative estimate of drug-likeness (QED) is 0.521. The van der Waals surface area contributed by atoms with Crippen molar-refractivity contribution in [2.45, 2.75) is 6.92 Å². The molecule has 0 saturated carbocycles. The maximum atomic E-state index is 12.4. The van der Waals surface area contributed by atoms with E-state index in [4.69, 9.17) is 4.74 Å². The molecule has 0 aliphatic carbocycles. The molecule has 0 spiro atoms. The molecule has 1 aliphatic rings. The van der Waals surface area contributed by atoms with Crippen LogP contribution in [0.3, 0.4) is 0 Å². The van der Waals surface area contributed by atoms with Crippen LogP contribution < -0.4 is 10.1 Å². The van der Waals surface area contributed by atoms with Gasteiger partial charge in [0.1, 0.15) is 12.3 Å². The maximum absolute atomic E-state index is 12.4. The van der Waals surface area contributed by atoms with Crippen molar-refractivity contribution in [1.82, 2.24) is 4.90 Å². The molecule has 2 aromatic rings. The number of carbonyl (C=O) groups excluding carboxylic acids is 4. The minimum Gasteiger partial charge on any atom is -0.484 e. The number of hydrogen-bond donors (Lipinski definition) is 1. The minimum absolute atomic E-state index is 0.184. The number of amides is 3. The van der Waals surface area contributed by atoms with Crippen LogP contribution in [0.1, 0.15) is 11.1 Å². The molecule has 1 fully saturated rings. The van der Waals surface area contributed by atoms with Gasteiger partial charge in [0.2, 0.25) is 0 Å². The number of carbonyl (C=O) groups is 4. The minimum atomic E-state index is -0.678.